The molecule has 0 N–H and O–H groups in total. The van der Waals surface area contributed by atoms with E-state index in [0.29, 0.717) is 28.2 Å². The first-order chi connectivity index (χ1) is 10.5. The number of halogens is 2. The molecule has 3 rings (SSSR count). The van der Waals surface area contributed by atoms with Gasteiger partial charge in [0.15, 0.2) is 0 Å². The van der Waals surface area contributed by atoms with E-state index in [1.165, 1.54) is 23.9 Å². The van der Waals surface area contributed by atoms with E-state index in [2.05, 4.69) is 10.2 Å². The number of benzene rings is 1. The van der Waals surface area contributed by atoms with Crippen LogP contribution in [0.4, 0.5) is 8.78 Å². The Hall–Kier alpha value is -2.15. The van der Waals surface area contributed by atoms with Crippen molar-refractivity contribution >= 4 is 11.8 Å². The van der Waals surface area contributed by atoms with Gasteiger partial charge in [0.2, 0.25) is 5.89 Å². The molecule has 0 saturated heterocycles. The molecule has 3 aromatic rings. The highest BCUT2D eigenvalue weighted by Crippen LogP contribution is 2.29. The molecule has 0 atom stereocenters. The van der Waals surface area contributed by atoms with Crippen molar-refractivity contribution in [1.82, 2.24) is 10.2 Å². The molecule has 4 nitrogen and oxygen atoms in total. The average Bonchev–Trinajstić information content (AvgIpc) is 3.04. The van der Waals surface area contributed by atoms with Gasteiger partial charge in [-0.05, 0) is 32.0 Å². The molecule has 2 aromatic heterocycles. The van der Waals surface area contributed by atoms with E-state index in [4.69, 9.17) is 8.83 Å². The third kappa shape index (κ3) is 3.04. The summed E-state index contributed by atoms with van der Waals surface area (Å²) in [6, 6.07) is 5.26. The number of thioether (sulfide) groups is 1. The lowest BCUT2D eigenvalue weighted by molar-refractivity contribution is 0.499. The van der Waals surface area contributed by atoms with Crippen LogP contribution in [0.1, 0.15) is 17.4 Å². The predicted molar refractivity (Wildman–Crippen MR) is 77.4 cm³/mol. The van der Waals surface area contributed by atoms with Crippen LogP contribution in [0.25, 0.3) is 11.5 Å². The summed E-state index contributed by atoms with van der Waals surface area (Å²) in [6.07, 6.45) is 0. The Bertz CT molecular complexity index is 814. The number of hydrogen-bond donors (Lipinski definition) is 0. The topological polar surface area (TPSA) is 52.1 Å². The quantitative estimate of drug-likeness (QED) is 0.661. The van der Waals surface area contributed by atoms with Gasteiger partial charge in [-0.15, -0.1) is 22.0 Å². The Labute approximate surface area is 129 Å². The minimum atomic E-state index is -0.606. The summed E-state index contributed by atoms with van der Waals surface area (Å²) in [4.78, 5) is 0.330. The van der Waals surface area contributed by atoms with Crippen LogP contribution in [0.2, 0.25) is 0 Å². The number of aryl methyl sites for hydroxylation is 2. The Kier molecular flexibility index (Phi) is 3.98. The fraction of sp³-hybridized carbons (Fsp3) is 0.200. The molecule has 0 aliphatic heterocycles. The summed E-state index contributed by atoms with van der Waals surface area (Å²) in [5.41, 5.74) is 0.745. The molecule has 0 unspecified atom stereocenters. The molecule has 114 valence electrons. The number of nitrogens with zero attached hydrogens (tertiary/aromatic N) is 2. The largest absolute Gasteiger partial charge is 0.466 e. The van der Waals surface area contributed by atoms with Gasteiger partial charge in [-0.2, -0.15) is 0 Å². The van der Waals surface area contributed by atoms with Crippen molar-refractivity contribution in [2.24, 2.45) is 0 Å². The maximum absolute atomic E-state index is 13.5. The summed E-state index contributed by atoms with van der Waals surface area (Å²) in [6.45, 7) is 3.65. The SMILES string of the molecule is Cc1cc(-c2nnc(CSc3ccc(F)cc3F)o2)c(C)o1. The van der Waals surface area contributed by atoms with E-state index < -0.39 is 11.6 Å². The zero-order chi connectivity index (χ0) is 15.7. The molecule has 22 heavy (non-hydrogen) atoms. The Balaban J connectivity index is 1.73. The maximum atomic E-state index is 13.5. The van der Waals surface area contributed by atoms with Gasteiger partial charge >= 0.3 is 0 Å². The van der Waals surface area contributed by atoms with Crippen molar-refractivity contribution in [2.75, 3.05) is 0 Å². The number of hydrogen-bond acceptors (Lipinski definition) is 5. The molecule has 0 aliphatic rings. The second-order valence-corrected chi connectivity index (χ2v) is 5.71. The first-order valence-corrected chi connectivity index (χ1v) is 7.49. The smallest absolute Gasteiger partial charge is 0.251 e. The molecule has 1 aromatic carbocycles. The van der Waals surface area contributed by atoms with Gasteiger partial charge < -0.3 is 8.83 Å². The zero-order valence-corrected chi connectivity index (χ0v) is 12.7. The van der Waals surface area contributed by atoms with E-state index in [1.54, 1.807) is 0 Å². The molecule has 0 fully saturated rings. The van der Waals surface area contributed by atoms with Crippen LogP contribution in [-0.4, -0.2) is 10.2 Å². The molecule has 0 aliphatic carbocycles. The molecule has 0 spiro atoms. The van der Waals surface area contributed by atoms with Crippen molar-refractivity contribution in [2.45, 2.75) is 24.5 Å². The Morgan fingerprint density at radius 2 is 1.91 bits per heavy atom. The van der Waals surface area contributed by atoms with E-state index in [-0.39, 0.29) is 0 Å². The van der Waals surface area contributed by atoms with Gasteiger partial charge in [0.1, 0.15) is 23.2 Å². The minimum absolute atomic E-state index is 0.297. The summed E-state index contributed by atoms with van der Waals surface area (Å²) in [7, 11) is 0. The molecule has 0 radical (unpaired) electrons. The summed E-state index contributed by atoms with van der Waals surface area (Å²) >= 11 is 1.17. The van der Waals surface area contributed by atoms with Crippen molar-refractivity contribution in [3.8, 4) is 11.5 Å². The Morgan fingerprint density at radius 3 is 2.59 bits per heavy atom. The number of furan rings is 1. The molecular weight excluding hydrogens is 310 g/mol. The standard InChI is InChI=1S/C15H12F2N2O2S/c1-8-5-11(9(2)20-8)15-19-18-14(21-15)7-22-13-4-3-10(16)6-12(13)17/h3-6H,7H2,1-2H3. The highest BCUT2D eigenvalue weighted by atomic mass is 32.2. The van der Waals surface area contributed by atoms with Crippen LogP contribution in [0.15, 0.2) is 38.0 Å². The molecule has 0 saturated carbocycles. The van der Waals surface area contributed by atoms with Crippen LogP contribution < -0.4 is 0 Å². The van der Waals surface area contributed by atoms with Gasteiger partial charge in [0.05, 0.1) is 11.3 Å². The minimum Gasteiger partial charge on any atom is -0.466 e. The van der Waals surface area contributed by atoms with Crippen LogP contribution >= 0.6 is 11.8 Å². The summed E-state index contributed by atoms with van der Waals surface area (Å²) in [5.74, 6) is 1.27. The highest BCUT2D eigenvalue weighted by molar-refractivity contribution is 7.98. The maximum Gasteiger partial charge on any atom is 0.251 e. The van der Waals surface area contributed by atoms with Gasteiger partial charge in [-0.3, -0.25) is 0 Å². The van der Waals surface area contributed by atoms with Crippen molar-refractivity contribution in [3.63, 3.8) is 0 Å². The van der Waals surface area contributed by atoms with Gasteiger partial charge in [-0.25, -0.2) is 8.78 Å². The van der Waals surface area contributed by atoms with Crippen LogP contribution in [0.3, 0.4) is 0 Å². The van der Waals surface area contributed by atoms with Crippen LogP contribution in [-0.2, 0) is 5.75 Å². The average molecular weight is 322 g/mol. The third-order valence-electron chi connectivity index (χ3n) is 2.98. The molecular formula is C15H12F2N2O2S. The van der Waals surface area contributed by atoms with Gasteiger partial charge in [0.25, 0.3) is 5.89 Å². The fourth-order valence-corrected chi connectivity index (χ4v) is 2.75. The zero-order valence-electron chi connectivity index (χ0n) is 11.9. The highest BCUT2D eigenvalue weighted by Gasteiger charge is 2.15. The second-order valence-electron chi connectivity index (χ2n) is 4.69. The molecule has 2 heterocycles. The summed E-state index contributed by atoms with van der Waals surface area (Å²) < 4.78 is 37.3. The van der Waals surface area contributed by atoms with Crippen LogP contribution in [0, 0.1) is 25.5 Å². The lowest BCUT2D eigenvalue weighted by atomic mass is 10.2. The third-order valence-corrected chi connectivity index (χ3v) is 4.02. The molecule has 7 heteroatoms. The first-order valence-electron chi connectivity index (χ1n) is 6.50. The van der Waals surface area contributed by atoms with E-state index in [0.717, 1.165) is 17.4 Å². The van der Waals surface area contributed by atoms with E-state index >= 15 is 0 Å². The number of aromatic nitrogens is 2. The van der Waals surface area contributed by atoms with Crippen molar-refractivity contribution < 1.29 is 17.6 Å². The van der Waals surface area contributed by atoms with E-state index in [9.17, 15) is 8.78 Å². The monoisotopic (exact) mass is 322 g/mol. The normalized spacial score (nSPS) is 11.1. The molecule has 0 amide bonds. The van der Waals surface area contributed by atoms with Crippen LogP contribution in [0.5, 0.6) is 0 Å². The van der Waals surface area contributed by atoms with Crippen molar-refractivity contribution in [1.29, 1.82) is 0 Å². The second kappa shape index (κ2) is 5.92. The predicted octanol–water partition coefficient (Wildman–Crippen LogP) is 4.52. The lowest BCUT2D eigenvalue weighted by Gasteiger charge is -2.00. The fourth-order valence-electron chi connectivity index (χ4n) is 2.00. The first kappa shape index (κ1) is 14.8. The van der Waals surface area contributed by atoms with E-state index in [1.807, 2.05) is 19.9 Å². The number of rotatable bonds is 4. The van der Waals surface area contributed by atoms with Gasteiger partial charge in [0, 0.05) is 11.0 Å². The van der Waals surface area contributed by atoms with Crippen molar-refractivity contribution in [3.05, 3.63) is 53.3 Å². The summed E-state index contributed by atoms with van der Waals surface area (Å²) in [5, 5.41) is 7.90. The molecule has 0 bridgehead atoms. The lowest BCUT2D eigenvalue weighted by Crippen LogP contribution is -1.85. The Morgan fingerprint density at radius 1 is 1.09 bits per heavy atom. The van der Waals surface area contributed by atoms with Gasteiger partial charge in [-0.1, -0.05) is 0 Å².